The molecule has 0 fully saturated rings. The van der Waals surface area contributed by atoms with Crippen molar-refractivity contribution in [2.24, 2.45) is 0 Å². The van der Waals surface area contributed by atoms with Crippen molar-refractivity contribution in [2.75, 3.05) is 4.61 Å². The van der Waals surface area contributed by atoms with Crippen LogP contribution in [0.1, 0.15) is 0 Å². The molecule has 0 radical (unpaired) electrons. The van der Waals surface area contributed by atoms with E-state index in [0.717, 1.165) is 4.61 Å². The molecule has 0 aromatic heterocycles. The molecule has 0 bridgehead atoms. The topological polar surface area (TPSA) is 9.23 Å². The summed E-state index contributed by atoms with van der Waals surface area (Å²) < 4.78 is 5.32. The summed E-state index contributed by atoms with van der Waals surface area (Å²) in [5.41, 5.74) is 0. The van der Waals surface area contributed by atoms with Crippen LogP contribution in [0.15, 0.2) is 0 Å². The highest BCUT2D eigenvalue weighted by Crippen LogP contribution is 1.73. The maximum atomic E-state index is 4.53. The van der Waals surface area contributed by atoms with Gasteiger partial charge in [-0.3, -0.25) is 0 Å². The largest absolute Gasteiger partial charge is 0.435 e. The Hall–Kier alpha value is 0.755. The minimum Gasteiger partial charge on any atom is -0.435 e. The van der Waals surface area contributed by atoms with Crippen molar-refractivity contribution in [3.8, 4) is 0 Å². The van der Waals surface area contributed by atoms with Crippen LogP contribution in [0.25, 0.3) is 0 Å². The van der Waals surface area contributed by atoms with Gasteiger partial charge >= 0.3 is 0 Å². The van der Waals surface area contributed by atoms with E-state index in [-0.39, 0.29) is 0 Å². The summed E-state index contributed by atoms with van der Waals surface area (Å²) in [4.78, 5) is 0. The van der Waals surface area contributed by atoms with Crippen LogP contribution < -0.4 is 0 Å². The van der Waals surface area contributed by atoms with E-state index in [1.807, 2.05) is 0 Å². The highest BCUT2D eigenvalue weighted by molar-refractivity contribution is 14.1. The van der Waals surface area contributed by atoms with E-state index >= 15 is 0 Å². The van der Waals surface area contributed by atoms with Crippen LogP contribution in [-0.2, 0) is 4.65 Å². The Bertz CT molecular complexity index is 10.0. The molecule has 0 aromatic carbocycles. The molecule has 0 heterocycles. The zero-order valence-electron chi connectivity index (χ0n) is 2.49. The summed E-state index contributed by atoms with van der Waals surface area (Å²) in [6.45, 7) is 0. The lowest BCUT2D eigenvalue weighted by molar-refractivity contribution is 0.448. The van der Waals surface area contributed by atoms with Crippen LogP contribution >= 0.6 is 22.6 Å². The molecule has 0 saturated carbocycles. The van der Waals surface area contributed by atoms with Gasteiger partial charge in [0, 0.05) is 0 Å². The first kappa shape index (κ1) is 4.75. The summed E-state index contributed by atoms with van der Waals surface area (Å²) in [6.07, 6.45) is 0. The van der Waals surface area contributed by atoms with Crippen LogP contribution in [0, 0.1) is 0 Å². The molecular weight excluding hydrogens is 166 g/mol. The summed E-state index contributed by atoms with van der Waals surface area (Å²) in [5, 5.41) is 0. The lowest BCUT2D eigenvalue weighted by Crippen LogP contribution is -1.71. The molecule has 0 spiro atoms. The second-order valence-corrected chi connectivity index (χ2v) is 1.02. The minimum absolute atomic E-state index is 0.789. The molecule has 0 unspecified atom stereocenters. The molecule has 0 N–H and O–H groups in total. The third-order valence-corrected chi connectivity index (χ3v) is 0.732. The van der Waals surface area contributed by atoms with Crippen molar-refractivity contribution in [3.63, 3.8) is 0 Å². The van der Waals surface area contributed by atoms with E-state index in [0.29, 0.717) is 0 Å². The van der Waals surface area contributed by atoms with Crippen molar-refractivity contribution in [1.29, 1.82) is 0 Å². The molecule has 0 rings (SSSR count). The molecule has 4 heavy (non-hydrogen) atoms. The van der Waals surface area contributed by atoms with Gasteiger partial charge in [0.05, 0.1) is 4.61 Å². The first-order valence-corrected chi connectivity index (χ1v) is 2.49. The third kappa shape index (κ3) is 2.75. The molecule has 0 aliphatic carbocycles. The lowest BCUT2D eigenvalue weighted by Gasteiger charge is -1.74. The lowest BCUT2D eigenvalue weighted by atomic mass is 10.6. The normalized spacial score (nSPS) is 7.25. The van der Waals surface area contributed by atoms with Crippen LogP contribution in [0.2, 0.25) is 0 Å². The number of halogens is 1. The van der Waals surface area contributed by atoms with Gasteiger partial charge in [-0.2, -0.15) is 0 Å². The number of alkyl halides is 1. The van der Waals surface area contributed by atoms with Gasteiger partial charge in [0.25, 0.3) is 8.05 Å². The third-order valence-electron chi connectivity index (χ3n) is 0.109. The van der Waals surface area contributed by atoms with Gasteiger partial charge in [0.2, 0.25) is 0 Å². The van der Waals surface area contributed by atoms with Gasteiger partial charge in [0.15, 0.2) is 0 Å². The Kier molecular flexibility index (Phi) is 4.46. The standard InChI is InChI=1S/CH4BIO/c2-4-1-3/h1-2H2. The Morgan fingerprint density at radius 1 is 2.00 bits per heavy atom. The average molecular weight is 170 g/mol. The van der Waals surface area contributed by atoms with Gasteiger partial charge in [-0.05, 0) is 0 Å². The molecule has 1 nitrogen and oxygen atoms in total. The SMILES string of the molecule is BOCI. The summed E-state index contributed by atoms with van der Waals surface area (Å²) in [5.74, 6) is 0. The first-order chi connectivity index (χ1) is 1.91. The second-order valence-electron chi connectivity index (χ2n) is 0.398. The Labute approximate surface area is 40.3 Å². The molecule has 0 atom stereocenters. The predicted molar refractivity (Wildman–Crippen MR) is 28.5 cm³/mol. The number of hydrogen-bond acceptors (Lipinski definition) is 1. The van der Waals surface area contributed by atoms with Crippen LogP contribution in [-0.4, -0.2) is 12.7 Å². The fourth-order valence-electron chi connectivity index (χ4n) is 0. The van der Waals surface area contributed by atoms with Gasteiger partial charge in [-0.1, -0.05) is 22.6 Å². The summed E-state index contributed by atoms with van der Waals surface area (Å²) in [7, 11) is 1.67. The van der Waals surface area contributed by atoms with Crippen molar-refractivity contribution in [2.45, 2.75) is 0 Å². The van der Waals surface area contributed by atoms with Gasteiger partial charge in [-0.15, -0.1) is 0 Å². The van der Waals surface area contributed by atoms with Crippen LogP contribution in [0.3, 0.4) is 0 Å². The fraction of sp³-hybridized carbons (Fsp3) is 1.00. The van der Waals surface area contributed by atoms with Gasteiger partial charge in [-0.25, -0.2) is 0 Å². The predicted octanol–water partition coefficient (Wildman–Crippen LogP) is -0.0564. The Morgan fingerprint density at radius 3 is 2.25 bits per heavy atom. The van der Waals surface area contributed by atoms with E-state index < -0.39 is 0 Å². The van der Waals surface area contributed by atoms with Gasteiger partial charge in [0.1, 0.15) is 0 Å². The summed E-state index contributed by atoms with van der Waals surface area (Å²) in [6, 6.07) is 0. The van der Waals surface area contributed by atoms with E-state index in [4.69, 9.17) is 0 Å². The zero-order valence-corrected chi connectivity index (χ0v) is 4.65. The maximum Gasteiger partial charge on any atom is 0.258 e. The molecule has 0 saturated heterocycles. The second kappa shape index (κ2) is 3.75. The van der Waals surface area contributed by atoms with Crippen molar-refractivity contribution >= 4 is 30.6 Å². The quantitative estimate of drug-likeness (QED) is 0.304. The fourth-order valence-corrected chi connectivity index (χ4v) is 0. The highest BCUT2D eigenvalue weighted by Gasteiger charge is 1.54. The van der Waals surface area contributed by atoms with Crippen LogP contribution in [0.5, 0.6) is 0 Å². The minimum atomic E-state index is 0.789. The van der Waals surface area contributed by atoms with E-state index in [2.05, 4.69) is 27.2 Å². The van der Waals surface area contributed by atoms with E-state index in [1.54, 1.807) is 8.05 Å². The molecular formula is CH4BIO. The molecule has 0 aliphatic rings. The van der Waals surface area contributed by atoms with Crippen molar-refractivity contribution in [3.05, 3.63) is 0 Å². The monoisotopic (exact) mass is 170 g/mol. The molecule has 3 heteroatoms. The highest BCUT2D eigenvalue weighted by atomic mass is 127. The van der Waals surface area contributed by atoms with Crippen LogP contribution in [0.4, 0.5) is 0 Å². The van der Waals surface area contributed by atoms with Gasteiger partial charge < -0.3 is 4.65 Å². The molecule has 0 aliphatic heterocycles. The number of rotatable bonds is 1. The average Bonchev–Trinajstić information content (AvgIpc) is 1.37. The smallest absolute Gasteiger partial charge is 0.258 e. The van der Waals surface area contributed by atoms with Crippen molar-refractivity contribution in [1.82, 2.24) is 0 Å². The first-order valence-electron chi connectivity index (χ1n) is 0.964. The Balaban J connectivity index is 1.97. The van der Waals surface area contributed by atoms with E-state index in [1.165, 1.54) is 0 Å². The van der Waals surface area contributed by atoms with E-state index in [9.17, 15) is 0 Å². The maximum absolute atomic E-state index is 4.53. The van der Waals surface area contributed by atoms with Crippen molar-refractivity contribution < 1.29 is 4.65 Å². The molecule has 24 valence electrons. The Morgan fingerprint density at radius 2 is 2.25 bits per heavy atom. The number of hydrogen-bond donors (Lipinski definition) is 0. The molecule has 0 amide bonds. The molecule has 0 aromatic rings. The summed E-state index contributed by atoms with van der Waals surface area (Å²) >= 11 is 2.13. The zero-order chi connectivity index (χ0) is 3.41.